The number of aromatic nitrogens is 2. The Morgan fingerprint density at radius 1 is 1.27 bits per heavy atom. The second-order valence-corrected chi connectivity index (χ2v) is 2.28. The van der Waals surface area contributed by atoms with Crippen molar-refractivity contribution < 1.29 is 4.52 Å². The molecule has 54 valence electrons. The van der Waals surface area contributed by atoms with Gasteiger partial charge in [0, 0.05) is 18.2 Å². The normalized spacial score (nSPS) is 10.2. The van der Waals surface area contributed by atoms with Gasteiger partial charge < -0.3 is 0 Å². The summed E-state index contributed by atoms with van der Waals surface area (Å²) in [7, 11) is 0. The molecule has 0 aromatic carbocycles. The third-order valence-electron chi connectivity index (χ3n) is 1.56. The molecule has 0 fully saturated rings. The lowest BCUT2D eigenvalue weighted by Gasteiger charge is -1.85. The fourth-order valence-corrected chi connectivity index (χ4v) is 1.04. The van der Waals surface area contributed by atoms with Crippen LogP contribution in [0.25, 0.3) is 5.52 Å². The molecule has 2 aromatic rings. The summed E-state index contributed by atoms with van der Waals surface area (Å²) in [6, 6.07) is 6.99. The smallest absolute Gasteiger partial charge is 0.282 e. The van der Waals surface area contributed by atoms with Gasteiger partial charge in [-0.05, 0) is 6.07 Å². The lowest BCUT2D eigenvalue weighted by atomic mass is 10.4. The van der Waals surface area contributed by atoms with E-state index in [2.05, 4.69) is 5.10 Å². The molecule has 0 spiro atoms. The van der Waals surface area contributed by atoms with Crippen LogP contribution in [0, 0.1) is 0 Å². The minimum Gasteiger partial charge on any atom is -0.282 e. The third-order valence-corrected chi connectivity index (χ3v) is 1.56. The zero-order valence-electron chi connectivity index (χ0n) is 5.82. The van der Waals surface area contributed by atoms with E-state index in [1.54, 1.807) is 23.0 Å². The van der Waals surface area contributed by atoms with Crippen molar-refractivity contribution in [3.63, 3.8) is 0 Å². The van der Waals surface area contributed by atoms with Gasteiger partial charge in [-0.3, -0.25) is 4.79 Å². The van der Waals surface area contributed by atoms with Crippen molar-refractivity contribution in [3.05, 3.63) is 46.9 Å². The molecule has 1 N–H and O–H groups in total. The summed E-state index contributed by atoms with van der Waals surface area (Å²) in [6.45, 7) is 0. The second-order valence-electron chi connectivity index (χ2n) is 2.28. The van der Waals surface area contributed by atoms with Crippen LogP contribution in [0.3, 0.4) is 0 Å². The van der Waals surface area contributed by atoms with Gasteiger partial charge >= 0.3 is 0 Å². The van der Waals surface area contributed by atoms with Gasteiger partial charge in [-0.25, -0.2) is 0 Å². The van der Waals surface area contributed by atoms with Crippen molar-refractivity contribution in [2.24, 2.45) is 0 Å². The van der Waals surface area contributed by atoms with Crippen molar-refractivity contribution in [1.82, 2.24) is 5.10 Å². The fourth-order valence-electron chi connectivity index (χ4n) is 1.04. The first kappa shape index (κ1) is 6.09. The molecule has 2 heterocycles. The van der Waals surface area contributed by atoms with Gasteiger partial charge in [0.15, 0.2) is 0 Å². The standard InChI is InChI=1S/C8H6N2O/c11-8-4-5-9-10-6-2-1-3-7(8)10/h1-6H/p+1. The molecule has 3 heteroatoms. The first-order valence-corrected chi connectivity index (χ1v) is 3.36. The molecule has 0 aliphatic carbocycles. The van der Waals surface area contributed by atoms with E-state index in [0.29, 0.717) is 5.52 Å². The molecule has 2 rings (SSSR count). The Balaban J connectivity index is 3.03. The Morgan fingerprint density at radius 2 is 2.18 bits per heavy atom. The van der Waals surface area contributed by atoms with E-state index in [4.69, 9.17) is 0 Å². The molecule has 2 aromatic heterocycles. The van der Waals surface area contributed by atoms with Crippen LogP contribution in [0.15, 0.2) is 41.5 Å². The highest BCUT2D eigenvalue weighted by Gasteiger charge is 2.01. The summed E-state index contributed by atoms with van der Waals surface area (Å²) in [5.41, 5.74) is 0.694. The lowest BCUT2D eigenvalue weighted by molar-refractivity contribution is -0.581. The molecule has 0 aliphatic heterocycles. The molecular formula is C8H7N2O+. The van der Waals surface area contributed by atoms with E-state index in [1.807, 2.05) is 12.1 Å². The monoisotopic (exact) mass is 147 g/mol. The van der Waals surface area contributed by atoms with Gasteiger partial charge in [-0.2, -0.15) is 5.10 Å². The molecule has 3 nitrogen and oxygen atoms in total. The summed E-state index contributed by atoms with van der Waals surface area (Å²) in [4.78, 5) is 11.1. The quantitative estimate of drug-likeness (QED) is 0.528. The predicted octanol–water partition coefficient (Wildman–Crippen LogP) is 0.114. The van der Waals surface area contributed by atoms with E-state index in [9.17, 15) is 4.79 Å². The van der Waals surface area contributed by atoms with Crippen molar-refractivity contribution in [3.8, 4) is 0 Å². The summed E-state index contributed by atoms with van der Waals surface area (Å²) in [6.07, 6.45) is 3.42. The molecule has 0 atom stereocenters. The maximum Gasteiger partial charge on any atom is 0.282 e. The Bertz CT molecular complexity index is 428. The Kier molecular flexibility index (Phi) is 1.22. The highest BCUT2D eigenvalue weighted by Crippen LogP contribution is 1.83. The topological polar surface area (TPSA) is 37.0 Å². The third kappa shape index (κ3) is 0.902. The van der Waals surface area contributed by atoms with Gasteiger partial charge in [0.05, 0.1) is 6.20 Å². The lowest BCUT2D eigenvalue weighted by Crippen LogP contribution is -2.30. The summed E-state index contributed by atoms with van der Waals surface area (Å²) < 4.78 is 1.68. The van der Waals surface area contributed by atoms with Crippen LogP contribution in [0.2, 0.25) is 0 Å². The Labute approximate surface area is 62.9 Å². The Hall–Kier alpha value is -1.64. The number of pyridine rings is 1. The number of rotatable bonds is 0. The first-order valence-electron chi connectivity index (χ1n) is 3.36. The van der Waals surface area contributed by atoms with Crippen LogP contribution in [-0.2, 0) is 0 Å². The van der Waals surface area contributed by atoms with Crippen molar-refractivity contribution in [1.29, 1.82) is 0 Å². The van der Waals surface area contributed by atoms with Crippen LogP contribution in [-0.4, -0.2) is 5.10 Å². The number of hydrogen-bond acceptors (Lipinski definition) is 1. The van der Waals surface area contributed by atoms with Crippen LogP contribution >= 0.6 is 0 Å². The van der Waals surface area contributed by atoms with E-state index in [0.717, 1.165) is 0 Å². The maximum absolute atomic E-state index is 11.1. The molecule has 0 bridgehead atoms. The van der Waals surface area contributed by atoms with Crippen molar-refractivity contribution in [2.45, 2.75) is 0 Å². The van der Waals surface area contributed by atoms with Gasteiger partial charge in [-0.1, -0.05) is 4.52 Å². The molecule has 0 radical (unpaired) electrons. The molecule has 0 saturated carbocycles. The Morgan fingerprint density at radius 3 is 3.00 bits per heavy atom. The number of H-pyrrole nitrogens is 1. The molecule has 0 amide bonds. The second kappa shape index (κ2) is 2.20. The van der Waals surface area contributed by atoms with Crippen molar-refractivity contribution >= 4 is 5.52 Å². The molecule has 0 saturated heterocycles. The van der Waals surface area contributed by atoms with Crippen LogP contribution < -0.4 is 9.94 Å². The average Bonchev–Trinajstić information content (AvgIpc) is 2.06. The first-order chi connectivity index (χ1) is 5.38. The highest BCUT2D eigenvalue weighted by atomic mass is 16.1. The van der Waals surface area contributed by atoms with Crippen molar-refractivity contribution in [2.75, 3.05) is 0 Å². The summed E-state index contributed by atoms with van der Waals surface area (Å²) in [5.74, 6) is 0. The van der Waals surface area contributed by atoms with E-state index >= 15 is 0 Å². The number of hydrogen-bond donors (Lipinski definition) is 1. The SMILES string of the molecule is O=c1cc[nH][n+]2ccccc12. The number of nitrogens with zero attached hydrogens (tertiary/aromatic N) is 1. The zero-order valence-corrected chi connectivity index (χ0v) is 5.82. The van der Waals surface area contributed by atoms with Gasteiger partial charge in [0.25, 0.3) is 10.9 Å². The number of aromatic amines is 1. The van der Waals surface area contributed by atoms with Gasteiger partial charge in [-0.15, -0.1) is 0 Å². The van der Waals surface area contributed by atoms with Crippen LogP contribution in [0.4, 0.5) is 0 Å². The van der Waals surface area contributed by atoms with E-state index in [-0.39, 0.29) is 5.43 Å². The van der Waals surface area contributed by atoms with E-state index < -0.39 is 0 Å². The van der Waals surface area contributed by atoms with Gasteiger partial charge in [0.1, 0.15) is 0 Å². The average molecular weight is 147 g/mol. The largest absolute Gasteiger partial charge is 0.282 e. The fraction of sp³-hybridized carbons (Fsp3) is 0. The minimum atomic E-state index is 0.0318. The van der Waals surface area contributed by atoms with E-state index in [1.165, 1.54) is 6.07 Å². The molecular weight excluding hydrogens is 140 g/mol. The number of fused-ring (bicyclic) bond motifs is 1. The highest BCUT2D eigenvalue weighted by molar-refractivity contribution is 5.36. The molecule has 11 heavy (non-hydrogen) atoms. The van der Waals surface area contributed by atoms with Gasteiger partial charge in [0.2, 0.25) is 6.20 Å². The minimum absolute atomic E-state index is 0.0318. The predicted molar refractivity (Wildman–Crippen MR) is 40.2 cm³/mol. The van der Waals surface area contributed by atoms with Crippen LogP contribution in [0.5, 0.6) is 0 Å². The zero-order chi connectivity index (χ0) is 7.68. The number of nitrogens with one attached hydrogen (secondary N) is 1. The molecule has 0 unspecified atom stereocenters. The molecule has 0 aliphatic rings. The van der Waals surface area contributed by atoms with Crippen LogP contribution in [0.1, 0.15) is 0 Å². The summed E-state index contributed by atoms with van der Waals surface area (Å²) in [5, 5.41) is 2.91. The maximum atomic E-state index is 11.1. The summed E-state index contributed by atoms with van der Waals surface area (Å²) >= 11 is 0.